The Kier molecular flexibility index (Phi) is 8.42. The van der Waals surface area contributed by atoms with Crippen molar-refractivity contribution in [3.63, 3.8) is 0 Å². The van der Waals surface area contributed by atoms with Crippen LogP contribution in [0.2, 0.25) is 0 Å². The van der Waals surface area contributed by atoms with Crippen LogP contribution in [0.4, 0.5) is 0 Å². The van der Waals surface area contributed by atoms with Gasteiger partial charge in [-0.1, -0.05) is 140 Å². The van der Waals surface area contributed by atoms with Gasteiger partial charge in [-0.3, -0.25) is 4.98 Å². The number of fused-ring (bicyclic) bond motifs is 10. The summed E-state index contributed by atoms with van der Waals surface area (Å²) in [5.41, 5.74) is 15.7. The van der Waals surface area contributed by atoms with Crippen molar-refractivity contribution in [3.8, 4) is 56.1 Å². The highest BCUT2D eigenvalue weighted by molar-refractivity contribution is 7.25. The van der Waals surface area contributed by atoms with Crippen LogP contribution in [0.25, 0.3) is 131 Å². The fraction of sp³-hybridized carbons (Fsp3) is 0. The molecule has 5 aromatic heterocycles. The Balaban J connectivity index is 0.950. The van der Waals surface area contributed by atoms with E-state index in [1.807, 2.05) is 23.7 Å². The van der Waals surface area contributed by atoms with Gasteiger partial charge < -0.3 is 9.13 Å². The van der Waals surface area contributed by atoms with Crippen molar-refractivity contribution in [2.75, 3.05) is 0 Å². The number of aromatic nitrogens is 4. The Morgan fingerprint density at radius 3 is 1.70 bits per heavy atom. The smallest absolute Gasteiger partial charge is 0.0730 e. The van der Waals surface area contributed by atoms with Crippen molar-refractivity contribution in [1.29, 1.82) is 0 Å². The maximum Gasteiger partial charge on any atom is 0.0730 e. The zero-order valence-corrected chi connectivity index (χ0v) is 37.0. The van der Waals surface area contributed by atoms with Crippen molar-refractivity contribution in [1.82, 2.24) is 19.1 Å². The molecular formula is C62H38N4S. The predicted octanol–water partition coefficient (Wildman–Crippen LogP) is 16.9. The number of nitrogens with zero attached hydrogens (tertiary/aromatic N) is 4. The lowest BCUT2D eigenvalue weighted by Crippen LogP contribution is -1.98. The molecule has 0 N–H and O–H groups in total. The summed E-state index contributed by atoms with van der Waals surface area (Å²) in [6.07, 6.45) is 3.88. The molecule has 0 spiro atoms. The van der Waals surface area contributed by atoms with Gasteiger partial charge in [-0.25, -0.2) is 4.98 Å². The summed E-state index contributed by atoms with van der Waals surface area (Å²) < 4.78 is 7.38. The highest BCUT2D eigenvalue weighted by atomic mass is 32.1. The van der Waals surface area contributed by atoms with E-state index in [0.29, 0.717) is 0 Å². The Bertz CT molecular complexity index is 4220. The van der Waals surface area contributed by atoms with Crippen molar-refractivity contribution < 1.29 is 0 Å². The van der Waals surface area contributed by atoms with E-state index < -0.39 is 0 Å². The standard InChI is InChI=1S/C62H38N4S/c1-3-13-39(14-4-1)55-36-46(37-56(64-55)40-15-5-2-6-16-40)66-57-21-11-9-19-48(57)50-26-23-41(34-60(50)66)44-31-42-17-7-8-18-47(42)51(33-44)43-24-27-59-52(32-43)49-20-10-12-22-58(49)65(59)45-25-28-61-53(35-45)54-38-63-30-29-62(54)67-61/h1-38H. The first-order valence-electron chi connectivity index (χ1n) is 22.7. The summed E-state index contributed by atoms with van der Waals surface area (Å²) in [4.78, 5) is 9.70. The quantitative estimate of drug-likeness (QED) is 0.167. The Hall–Kier alpha value is -8.64. The van der Waals surface area contributed by atoms with Crippen LogP contribution in [0.1, 0.15) is 0 Å². The van der Waals surface area contributed by atoms with Gasteiger partial charge in [0.1, 0.15) is 0 Å². The minimum atomic E-state index is 0.938. The molecule has 4 nitrogen and oxygen atoms in total. The Labute approximate surface area is 389 Å². The van der Waals surface area contributed by atoms with Gasteiger partial charge in [-0.15, -0.1) is 11.3 Å². The summed E-state index contributed by atoms with van der Waals surface area (Å²) >= 11 is 1.82. The topological polar surface area (TPSA) is 35.6 Å². The SMILES string of the molecule is c1ccc(-c2cc(-n3c4ccccc4c4ccc(-c5cc(-c6ccc7c(c6)c6ccccc6n7-c6ccc7sc8ccncc8c7c6)c6ccccc6c5)cc43)cc(-c3ccccc3)n2)cc1. The molecule has 9 aromatic carbocycles. The third-order valence-corrected chi connectivity index (χ3v) is 14.7. The summed E-state index contributed by atoms with van der Waals surface area (Å²) in [5.74, 6) is 0. The number of para-hydroxylation sites is 2. The summed E-state index contributed by atoms with van der Waals surface area (Å²) in [6, 6.07) is 79.6. The number of pyridine rings is 2. The molecule has 0 amide bonds. The maximum absolute atomic E-state index is 5.23. The van der Waals surface area contributed by atoms with Crippen LogP contribution >= 0.6 is 11.3 Å². The Morgan fingerprint density at radius 1 is 0.328 bits per heavy atom. The molecule has 0 aliphatic heterocycles. The molecule has 0 fully saturated rings. The number of hydrogen-bond donors (Lipinski definition) is 0. The van der Waals surface area contributed by atoms with Crippen LogP contribution in [-0.2, 0) is 0 Å². The van der Waals surface area contributed by atoms with E-state index in [2.05, 4.69) is 233 Å². The number of benzene rings is 9. The lowest BCUT2D eigenvalue weighted by molar-refractivity contribution is 1.16. The van der Waals surface area contributed by atoms with Gasteiger partial charge in [-0.05, 0) is 112 Å². The molecule has 67 heavy (non-hydrogen) atoms. The third kappa shape index (κ3) is 6.06. The van der Waals surface area contributed by atoms with Crippen LogP contribution in [0.15, 0.2) is 231 Å². The van der Waals surface area contributed by atoms with Crippen molar-refractivity contribution in [2.45, 2.75) is 0 Å². The molecule has 5 heteroatoms. The van der Waals surface area contributed by atoms with E-state index >= 15 is 0 Å². The number of rotatable bonds is 6. The molecule has 0 bridgehead atoms. The average Bonchev–Trinajstić information content (AvgIpc) is 4.05. The molecule has 0 saturated heterocycles. The normalized spacial score (nSPS) is 11.9. The molecule has 312 valence electrons. The number of hydrogen-bond acceptors (Lipinski definition) is 3. The van der Waals surface area contributed by atoms with E-state index in [1.54, 1.807) is 0 Å². The van der Waals surface area contributed by atoms with Gasteiger partial charge >= 0.3 is 0 Å². The molecular weight excluding hydrogens is 833 g/mol. The minimum absolute atomic E-state index is 0.938. The van der Waals surface area contributed by atoms with E-state index in [4.69, 9.17) is 4.98 Å². The van der Waals surface area contributed by atoms with Gasteiger partial charge in [0.05, 0.1) is 39.1 Å². The van der Waals surface area contributed by atoms with Crippen LogP contribution in [0.3, 0.4) is 0 Å². The van der Waals surface area contributed by atoms with Crippen molar-refractivity contribution >= 4 is 85.9 Å². The molecule has 0 aliphatic rings. The van der Waals surface area contributed by atoms with Crippen LogP contribution in [-0.4, -0.2) is 19.1 Å². The van der Waals surface area contributed by atoms with E-state index in [9.17, 15) is 0 Å². The zero-order valence-electron chi connectivity index (χ0n) is 36.1. The van der Waals surface area contributed by atoms with Crippen molar-refractivity contribution in [3.05, 3.63) is 231 Å². The van der Waals surface area contributed by atoms with E-state index in [-0.39, 0.29) is 0 Å². The Morgan fingerprint density at radius 2 is 0.940 bits per heavy atom. The molecule has 5 heterocycles. The summed E-state index contributed by atoms with van der Waals surface area (Å²) in [5, 5.41) is 9.77. The maximum atomic E-state index is 5.23. The minimum Gasteiger partial charge on any atom is -0.309 e. The van der Waals surface area contributed by atoms with Gasteiger partial charge in [0.15, 0.2) is 0 Å². The monoisotopic (exact) mass is 870 g/mol. The summed E-state index contributed by atoms with van der Waals surface area (Å²) in [6.45, 7) is 0. The molecule has 0 atom stereocenters. The zero-order chi connectivity index (χ0) is 44.0. The lowest BCUT2D eigenvalue weighted by atomic mass is 9.92. The highest BCUT2D eigenvalue weighted by Gasteiger charge is 2.19. The van der Waals surface area contributed by atoms with Gasteiger partial charge in [-0.2, -0.15) is 0 Å². The fourth-order valence-corrected chi connectivity index (χ4v) is 11.5. The number of thiophene rings is 1. The second kappa shape index (κ2) is 15.0. The second-order valence-electron chi connectivity index (χ2n) is 17.4. The van der Waals surface area contributed by atoms with Crippen LogP contribution in [0.5, 0.6) is 0 Å². The predicted molar refractivity (Wildman–Crippen MR) is 283 cm³/mol. The van der Waals surface area contributed by atoms with Gasteiger partial charge in [0, 0.05) is 70.9 Å². The first-order valence-corrected chi connectivity index (χ1v) is 23.5. The van der Waals surface area contributed by atoms with Crippen LogP contribution in [0, 0.1) is 0 Å². The van der Waals surface area contributed by atoms with Gasteiger partial charge in [0.25, 0.3) is 0 Å². The first kappa shape index (κ1) is 37.7. The lowest BCUT2D eigenvalue weighted by Gasteiger charge is -2.14. The molecule has 0 aliphatic carbocycles. The van der Waals surface area contributed by atoms with E-state index in [1.165, 1.54) is 80.2 Å². The van der Waals surface area contributed by atoms with Crippen LogP contribution < -0.4 is 0 Å². The molecule has 0 saturated carbocycles. The second-order valence-corrected chi connectivity index (χ2v) is 18.5. The fourth-order valence-electron chi connectivity index (χ4n) is 10.5. The molecule has 0 radical (unpaired) electrons. The molecule has 14 rings (SSSR count). The molecule has 0 unspecified atom stereocenters. The largest absolute Gasteiger partial charge is 0.309 e. The first-order chi connectivity index (χ1) is 33.2. The highest BCUT2D eigenvalue weighted by Crippen LogP contribution is 2.42. The summed E-state index contributed by atoms with van der Waals surface area (Å²) in [7, 11) is 0. The average molecular weight is 871 g/mol. The van der Waals surface area contributed by atoms with Crippen molar-refractivity contribution in [2.24, 2.45) is 0 Å². The third-order valence-electron chi connectivity index (χ3n) is 13.6. The van der Waals surface area contributed by atoms with Gasteiger partial charge in [0.2, 0.25) is 0 Å². The molecule has 14 aromatic rings. The van der Waals surface area contributed by atoms with E-state index in [0.717, 1.165) is 50.5 Å².